The van der Waals surface area contributed by atoms with Crippen molar-refractivity contribution in [1.82, 2.24) is 0 Å². The van der Waals surface area contributed by atoms with Crippen LogP contribution < -0.4 is 0 Å². The van der Waals surface area contributed by atoms with E-state index in [-0.39, 0.29) is 0 Å². The van der Waals surface area contributed by atoms with Gasteiger partial charge in [-0.1, -0.05) is 0 Å². The summed E-state index contributed by atoms with van der Waals surface area (Å²) in [7, 11) is 0. The first-order chi connectivity index (χ1) is 7.45. The molecule has 1 aliphatic rings. The van der Waals surface area contributed by atoms with Gasteiger partial charge in [0.05, 0.1) is 11.1 Å². The Kier molecular flexibility index (Phi) is 1.88. The lowest BCUT2D eigenvalue weighted by atomic mass is 9.91. The van der Waals surface area contributed by atoms with E-state index in [0.29, 0.717) is 0 Å². The Balaban J connectivity index is 2.86. The number of allylic oxidation sites excluding steroid dienone is 2. The van der Waals surface area contributed by atoms with Crippen LogP contribution in [0.2, 0.25) is 0 Å². The third-order valence-corrected chi connectivity index (χ3v) is 2.27. The molecule has 4 N–H and O–H groups in total. The number of hydrogen-bond acceptors (Lipinski definition) is 6. The van der Waals surface area contributed by atoms with Crippen molar-refractivity contribution in [3.8, 4) is 11.5 Å². The highest BCUT2D eigenvalue weighted by atomic mass is 16.3. The van der Waals surface area contributed by atoms with Crippen molar-refractivity contribution in [1.29, 1.82) is 0 Å². The van der Waals surface area contributed by atoms with Crippen molar-refractivity contribution in [2.24, 2.45) is 0 Å². The van der Waals surface area contributed by atoms with Crippen molar-refractivity contribution >= 4 is 11.6 Å². The molecular formula is C10H6O6. The van der Waals surface area contributed by atoms with Crippen LogP contribution in [0.25, 0.3) is 0 Å². The summed E-state index contributed by atoms with van der Waals surface area (Å²) in [6.07, 6.45) is 0. The van der Waals surface area contributed by atoms with Gasteiger partial charge >= 0.3 is 0 Å². The van der Waals surface area contributed by atoms with Crippen LogP contribution in [-0.2, 0) is 0 Å². The summed E-state index contributed by atoms with van der Waals surface area (Å²) in [6, 6.07) is 2.02. The van der Waals surface area contributed by atoms with Crippen LogP contribution in [0, 0.1) is 0 Å². The van der Waals surface area contributed by atoms with Gasteiger partial charge in [0.25, 0.3) is 0 Å². The average molecular weight is 222 g/mol. The summed E-state index contributed by atoms with van der Waals surface area (Å²) in [6.45, 7) is 0. The lowest BCUT2D eigenvalue weighted by Crippen LogP contribution is -2.22. The van der Waals surface area contributed by atoms with Gasteiger partial charge in [-0.2, -0.15) is 0 Å². The van der Waals surface area contributed by atoms with Gasteiger partial charge in [0.2, 0.25) is 23.1 Å². The molecule has 0 unspecified atom stereocenters. The Bertz CT molecular complexity index is 506. The molecule has 6 heteroatoms. The standard InChI is InChI=1S/C10H6O6/c11-3-1-2-4(12)6-5(3)7(13)9(15)10(16)8(6)14/h1-2,11-12,15-16H. The summed E-state index contributed by atoms with van der Waals surface area (Å²) in [4.78, 5) is 22.9. The second-order valence-electron chi connectivity index (χ2n) is 3.21. The Morgan fingerprint density at radius 1 is 0.688 bits per heavy atom. The van der Waals surface area contributed by atoms with Crippen LogP contribution in [-0.4, -0.2) is 32.0 Å². The summed E-state index contributed by atoms with van der Waals surface area (Å²) >= 11 is 0. The first-order valence-corrected chi connectivity index (χ1v) is 4.21. The fourth-order valence-corrected chi connectivity index (χ4v) is 1.49. The molecule has 2 rings (SSSR count). The van der Waals surface area contributed by atoms with Crippen molar-refractivity contribution < 1.29 is 30.0 Å². The summed E-state index contributed by atoms with van der Waals surface area (Å²) in [5.41, 5.74) is -1.03. The van der Waals surface area contributed by atoms with Gasteiger partial charge in [-0.05, 0) is 12.1 Å². The molecule has 6 nitrogen and oxygen atoms in total. The minimum atomic E-state index is -1.14. The summed E-state index contributed by atoms with van der Waals surface area (Å²) in [5, 5.41) is 37.0. The topological polar surface area (TPSA) is 115 Å². The lowest BCUT2D eigenvalue weighted by molar-refractivity contribution is 0.0875. The number of Topliss-reactive ketones (excluding diaryl/α,β-unsaturated/α-hetero) is 2. The quantitative estimate of drug-likeness (QED) is 0.482. The number of fused-ring (bicyclic) bond motifs is 1. The Labute approximate surface area is 88.7 Å². The highest BCUT2D eigenvalue weighted by molar-refractivity contribution is 6.27. The molecule has 0 saturated carbocycles. The number of aliphatic hydroxyl groups excluding tert-OH is 2. The Morgan fingerprint density at radius 3 is 1.31 bits per heavy atom. The number of benzene rings is 1. The predicted molar refractivity (Wildman–Crippen MR) is 50.7 cm³/mol. The molecule has 1 aliphatic carbocycles. The zero-order valence-electron chi connectivity index (χ0n) is 7.76. The zero-order chi connectivity index (χ0) is 12.0. The van der Waals surface area contributed by atoms with Crippen LogP contribution in [0.15, 0.2) is 23.7 Å². The Hall–Kier alpha value is -2.50. The lowest BCUT2D eigenvalue weighted by Gasteiger charge is -2.15. The van der Waals surface area contributed by atoms with Gasteiger partial charge in [-0.25, -0.2) is 0 Å². The van der Waals surface area contributed by atoms with Crippen LogP contribution in [0.5, 0.6) is 11.5 Å². The number of phenolic OH excluding ortho intramolecular Hbond substituents is 2. The summed E-state index contributed by atoms with van der Waals surface area (Å²) < 4.78 is 0. The molecule has 0 atom stereocenters. The maximum absolute atomic E-state index is 11.5. The maximum Gasteiger partial charge on any atom is 0.235 e. The fourth-order valence-electron chi connectivity index (χ4n) is 1.49. The number of phenols is 2. The van der Waals surface area contributed by atoms with Gasteiger partial charge in [-0.3, -0.25) is 9.59 Å². The number of carbonyl (C=O) groups excluding carboxylic acids is 2. The molecular weight excluding hydrogens is 216 g/mol. The van der Waals surface area contributed by atoms with Gasteiger partial charge in [0, 0.05) is 0 Å². The molecule has 0 aliphatic heterocycles. The second-order valence-corrected chi connectivity index (χ2v) is 3.21. The molecule has 0 bridgehead atoms. The third kappa shape index (κ3) is 1.07. The van der Waals surface area contributed by atoms with Crippen molar-refractivity contribution in [3.05, 3.63) is 34.8 Å². The molecule has 0 saturated heterocycles. The molecule has 0 spiro atoms. The van der Waals surface area contributed by atoms with E-state index in [2.05, 4.69) is 0 Å². The number of aliphatic hydroxyl groups is 2. The van der Waals surface area contributed by atoms with Gasteiger partial charge in [-0.15, -0.1) is 0 Å². The minimum Gasteiger partial charge on any atom is -0.507 e. The third-order valence-electron chi connectivity index (χ3n) is 2.27. The van der Waals surface area contributed by atoms with Crippen LogP contribution >= 0.6 is 0 Å². The second kappa shape index (κ2) is 2.99. The minimum absolute atomic E-state index is 0.514. The number of aromatic hydroxyl groups is 2. The van der Waals surface area contributed by atoms with Gasteiger partial charge in [0.15, 0.2) is 0 Å². The number of ketones is 2. The molecule has 16 heavy (non-hydrogen) atoms. The SMILES string of the molecule is O=C1C(O)=C(O)C(=O)c2c(O)ccc(O)c21. The first kappa shape index (κ1) is 10.0. The highest BCUT2D eigenvalue weighted by Crippen LogP contribution is 2.35. The molecule has 0 fully saturated rings. The molecule has 0 radical (unpaired) electrons. The molecule has 1 aromatic rings. The van der Waals surface area contributed by atoms with E-state index in [9.17, 15) is 19.8 Å². The smallest absolute Gasteiger partial charge is 0.235 e. The van der Waals surface area contributed by atoms with E-state index >= 15 is 0 Å². The van der Waals surface area contributed by atoms with Crippen molar-refractivity contribution in [2.75, 3.05) is 0 Å². The van der Waals surface area contributed by atoms with Gasteiger partial charge in [0.1, 0.15) is 11.5 Å². The number of rotatable bonds is 0. The van der Waals surface area contributed by atoms with Crippen molar-refractivity contribution in [3.63, 3.8) is 0 Å². The highest BCUT2D eigenvalue weighted by Gasteiger charge is 2.36. The van der Waals surface area contributed by atoms with E-state index in [1.165, 1.54) is 0 Å². The average Bonchev–Trinajstić information content (AvgIpc) is 2.26. The van der Waals surface area contributed by atoms with Gasteiger partial charge < -0.3 is 20.4 Å². The number of hydrogen-bond donors (Lipinski definition) is 4. The van der Waals surface area contributed by atoms with Crippen LogP contribution in [0.4, 0.5) is 0 Å². The molecule has 82 valence electrons. The van der Waals surface area contributed by atoms with E-state index < -0.39 is 45.7 Å². The summed E-state index contributed by atoms with van der Waals surface area (Å²) in [5.74, 6) is -5.60. The van der Waals surface area contributed by atoms with E-state index in [1.807, 2.05) is 0 Å². The number of carbonyl (C=O) groups is 2. The Morgan fingerprint density at radius 2 is 1.00 bits per heavy atom. The largest absolute Gasteiger partial charge is 0.507 e. The monoisotopic (exact) mass is 222 g/mol. The fraction of sp³-hybridized carbons (Fsp3) is 0. The van der Waals surface area contributed by atoms with E-state index in [1.54, 1.807) is 0 Å². The molecule has 0 aromatic heterocycles. The van der Waals surface area contributed by atoms with E-state index in [4.69, 9.17) is 10.2 Å². The predicted octanol–water partition coefficient (Wildman–Crippen LogP) is 0.804. The van der Waals surface area contributed by atoms with E-state index in [0.717, 1.165) is 12.1 Å². The van der Waals surface area contributed by atoms with Crippen LogP contribution in [0.1, 0.15) is 20.7 Å². The molecule has 0 heterocycles. The maximum atomic E-state index is 11.5. The molecule has 1 aromatic carbocycles. The van der Waals surface area contributed by atoms with Crippen molar-refractivity contribution in [2.45, 2.75) is 0 Å². The first-order valence-electron chi connectivity index (χ1n) is 4.21. The normalized spacial score (nSPS) is 15.2. The van der Waals surface area contributed by atoms with Crippen LogP contribution in [0.3, 0.4) is 0 Å². The zero-order valence-corrected chi connectivity index (χ0v) is 7.76. The molecule has 0 amide bonds.